The second kappa shape index (κ2) is 6.09. The fourth-order valence-electron chi connectivity index (χ4n) is 3.07. The molecule has 0 saturated carbocycles. The van der Waals surface area contributed by atoms with Gasteiger partial charge in [0.2, 0.25) is 5.91 Å². The standard InChI is InChI=1S/C19H19N3O2/c1-2-18-22-15-10-14(7-8-17(15)24-18)21-19(23)16-9-12-5-3-4-6-13(12)11-20-16/h3-8,10,16,20H,2,9,11H2,1H3,(H,21,23). The van der Waals surface area contributed by atoms with E-state index in [1.807, 2.05) is 37.3 Å². The van der Waals surface area contributed by atoms with Crippen LogP contribution in [0.2, 0.25) is 0 Å². The molecule has 1 unspecified atom stereocenters. The van der Waals surface area contributed by atoms with E-state index in [1.54, 1.807) is 0 Å². The predicted molar refractivity (Wildman–Crippen MR) is 92.8 cm³/mol. The van der Waals surface area contributed by atoms with Crippen molar-refractivity contribution in [3.63, 3.8) is 0 Å². The van der Waals surface area contributed by atoms with Gasteiger partial charge in [0.05, 0.1) is 6.04 Å². The van der Waals surface area contributed by atoms with Crippen molar-refractivity contribution in [3.8, 4) is 0 Å². The Hall–Kier alpha value is -2.66. The second-order valence-electron chi connectivity index (χ2n) is 6.04. The third-order valence-electron chi connectivity index (χ3n) is 4.40. The molecule has 0 spiro atoms. The third-order valence-corrected chi connectivity index (χ3v) is 4.40. The van der Waals surface area contributed by atoms with E-state index in [4.69, 9.17) is 4.42 Å². The van der Waals surface area contributed by atoms with Gasteiger partial charge in [-0.25, -0.2) is 4.98 Å². The highest BCUT2D eigenvalue weighted by molar-refractivity contribution is 5.96. The molecular weight excluding hydrogens is 302 g/mol. The van der Waals surface area contributed by atoms with Gasteiger partial charge >= 0.3 is 0 Å². The van der Waals surface area contributed by atoms with Crippen LogP contribution in [0.5, 0.6) is 0 Å². The van der Waals surface area contributed by atoms with Crippen LogP contribution < -0.4 is 10.6 Å². The third kappa shape index (κ3) is 2.78. The Bertz CT molecular complexity index is 901. The summed E-state index contributed by atoms with van der Waals surface area (Å²) in [7, 11) is 0. The SMILES string of the molecule is CCc1nc2cc(NC(=O)C3Cc4ccccc4CN3)ccc2o1. The molecule has 1 amide bonds. The quantitative estimate of drug-likeness (QED) is 0.778. The van der Waals surface area contributed by atoms with Crippen molar-refractivity contribution in [2.24, 2.45) is 0 Å². The molecule has 2 aromatic carbocycles. The van der Waals surface area contributed by atoms with E-state index < -0.39 is 0 Å². The molecule has 0 bridgehead atoms. The molecule has 5 heteroatoms. The second-order valence-corrected chi connectivity index (χ2v) is 6.04. The van der Waals surface area contributed by atoms with E-state index in [0.717, 1.165) is 29.8 Å². The van der Waals surface area contributed by atoms with E-state index in [2.05, 4.69) is 27.8 Å². The molecule has 3 aromatic rings. The summed E-state index contributed by atoms with van der Waals surface area (Å²) in [6, 6.07) is 13.6. The Morgan fingerprint density at radius 3 is 2.96 bits per heavy atom. The molecule has 1 aromatic heterocycles. The highest BCUT2D eigenvalue weighted by atomic mass is 16.3. The number of fused-ring (bicyclic) bond motifs is 2. The summed E-state index contributed by atoms with van der Waals surface area (Å²) in [5.41, 5.74) is 4.75. The summed E-state index contributed by atoms with van der Waals surface area (Å²) >= 11 is 0. The van der Waals surface area contributed by atoms with Gasteiger partial charge in [0.15, 0.2) is 11.5 Å². The maximum Gasteiger partial charge on any atom is 0.241 e. The molecule has 2 N–H and O–H groups in total. The highest BCUT2D eigenvalue weighted by Gasteiger charge is 2.24. The molecule has 1 atom stereocenters. The predicted octanol–water partition coefficient (Wildman–Crippen LogP) is 3.04. The number of aryl methyl sites for hydroxylation is 1. The fourth-order valence-corrected chi connectivity index (χ4v) is 3.07. The molecule has 5 nitrogen and oxygen atoms in total. The largest absolute Gasteiger partial charge is 0.441 e. The molecule has 0 aliphatic carbocycles. The summed E-state index contributed by atoms with van der Waals surface area (Å²) in [5.74, 6) is 0.682. The smallest absolute Gasteiger partial charge is 0.241 e. The van der Waals surface area contributed by atoms with Crippen molar-refractivity contribution in [1.82, 2.24) is 10.3 Å². The van der Waals surface area contributed by atoms with Crippen LogP contribution in [0.25, 0.3) is 11.1 Å². The molecule has 0 saturated heterocycles. The van der Waals surface area contributed by atoms with Crippen LogP contribution in [-0.4, -0.2) is 16.9 Å². The zero-order valence-electron chi connectivity index (χ0n) is 13.5. The van der Waals surface area contributed by atoms with Gasteiger partial charge < -0.3 is 15.1 Å². The summed E-state index contributed by atoms with van der Waals surface area (Å²) < 4.78 is 5.60. The van der Waals surface area contributed by atoms with Crippen LogP contribution in [0.3, 0.4) is 0 Å². The summed E-state index contributed by atoms with van der Waals surface area (Å²) in [6.07, 6.45) is 1.45. The van der Waals surface area contributed by atoms with Crippen molar-refractivity contribution >= 4 is 22.7 Å². The number of oxazole rings is 1. The van der Waals surface area contributed by atoms with E-state index in [-0.39, 0.29) is 11.9 Å². The van der Waals surface area contributed by atoms with Crippen molar-refractivity contribution < 1.29 is 9.21 Å². The van der Waals surface area contributed by atoms with E-state index >= 15 is 0 Å². The Labute approximate surface area is 140 Å². The van der Waals surface area contributed by atoms with Crippen molar-refractivity contribution in [1.29, 1.82) is 0 Å². The van der Waals surface area contributed by atoms with Crippen LogP contribution >= 0.6 is 0 Å². The van der Waals surface area contributed by atoms with Gasteiger partial charge in [-0.3, -0.25) is 4.79 Å². The molecule has 1 aliphatic heterocycles. The van der Waals surface area contributed by atoms with Crippen LogP contribution in [0.1, 0.15) is 23.9 Å². The van der Waals surface area contributed by atoms with Crippen LogP contribution in [0, 0.1) is 0 Å². The maximum absolute atomic E-state index is 12.6. The topological polar surface area (TPSA) is 67.2 Å². The van der Waals surface area contributed by atoms with E-state index in [1.165, 1.54) is 11.1 Å². The molecule has 2 heterocycles. The molecule has 1 aliphatic rings. The average Bonchev–Trinajstić information content (AvgIpc) is 3.03. The minimum absolute atomic E-state index is 0.0249. The highest BCUT2D eigenvalue weighted by Crippen LogP contribution is 2.21. The molecule has 122 valence electrons. The van der Waals surface area contributed by atoms with Crippen LogP contribution in [-0.2, 0) is 24.2 Å². The molecule has 0 radical (unpaired) electrons. The zero-order valence-corrected chi connectivity index (χ0v) is 13.5. The van der Waals surface area contributed by atoms with Crippen molar-refractivity contribution in [2.45, 2.75) is 32.4 Å². The number of carbonyl (C=O) groups is 1. The molecular formula is C19H19N3O2. The Balaban J connectivity index is 1.50. The first-order chi connectivity index (χ1) is 11.7. The van der Waals surface area contributed by atoms with Gasteiger partial charge in [-0.05, 0) is 35.7 Å². The first-order valence-electron chi connectivity index (χ1n) is 8.23. The van der Waals surface area contributed by atoms with Gasteiger partial charge in [-0.1, -0.05) is 31.2 Å². The number of rotatable bonds is 3. The normalized spacial score (nSPS) is 16.8. The lowest BCUT2D eigenvalue weighted by Gasteiger charge is -2.25. The van der Waals surface area contributed by atoms with Crippen LogP contribution in [0.15, 0.2) is 46.9 Å². The summed E-state index contributed by atoms with van der Waals surface area (Å²) in [5, 5.41) is 6.28. The number of amides is 1. The molecule has 4 rings (SSSR count). The fraction of sp³-hybridized carbons (Fsp3) is 0.263. The van der Waals surface area contributed by atoms with Gasteiger partial charge in [0, 0.05) is 18.7 Å². The van der Waals surface area contributed by atoms with Gasteiger partial charge in [0.1, 0.15) is 5.52 Å². The van der Waals surface area contributed by atoms with Gasteiger partial charge in [-0.2, -0.15) is 0 Å². The van der Waals surface area contributed by atoms with Crippen molar-refractivity contribution in [3.05, 3.63) is 59.5 Å². The number of aromatic nitrogens is 1. The van der Waals surface area contributed by atoms with Gasteiger partial charge in [0.25, 0.3) is 0 Å². The van der Waals surface area contributed by atoms with Gasteiger partial charge in [-0.15, -0.1) is 0 Å². The number of carbonyl (C=O) groups excluding carboxylic acids is 1. The summed E-state index contributed by atoms with van der Waals surface area (Å²) in [4.78, 5) is 17.0. The number of nitrogens with one attached hydrogen (secondary N) is 2. The zero-order chi connectivity index (χ0) is 16.5. The lowest BCUT2D eigenvalue weighted by atomic mass is 9.95. The number of anilines is 1. The number of nitrogens with zero attached hydrogens (tertiary/aromatic N) is 1. The van der Waals surface area contributed by atoms with E-state index in [0.29, 0.717) is 12.3 Å². The lowest BCUT2D eigenvalue weighted by molar-refractivity contribution is -0.118. The Morgan fingerprint density at radius 1 is 1.29 bits per heavy atom. The molecule has 24 heavy (non-hydrogen) atoms. The number of hydrogen-bond acceptors (Lipinski definition) is 4. The monoisotopic (exact) mass is 321 g/mol. The number of benzene rings is 2. The van der Waals surface area contributed by atoms with Crippen molar-refractivity contribution in [2.75, 3.05) is 5.32 Å². The number of hydrogen-bond donors (Lipinski definition) is 2. The van der Waals surface area contributed by atoms with E-state index in [9.17, 15) is 4.79 Å². The Kier molecular flexibility index (Phi) is 3.78. The molecule has 0 fully saturated rings. The van der Waals surface area contributed by atoms with Crippen LogP contribution in [0.4, 0.5) is 5.69 Å². The lowest BCUT2D eigenvalue weighted by Crippen LogP contribution is -2.44. The average molecular weight is 321 g/mol. The first-order valence-corrected chi connectivity index (χ1v) is 8.23. The summed E-state index contributed by atoms with van der Waals surface area (Å²) in [6.45, 7) is 2.72. The minimum atomic E-state index is -0.223. The first kappa shape index (κ1) is 14.9. The maximum atomic E-state index is 12.6. The Morgan fingerprint density at radius 2 is 2.12 bits per heavy atom. The minimum Gasteiger partial charge on any atom is -0.441 e.